The van der Waals surface area contributed by atoms with Crippen LogP contribution in [0, 0.1) is 0 Å². The van der Waals surface area contributed by atoms with E-state index in [4.69, 9.17) is 16.3 Å². The van der Waals surface area contributed by atoms with E-state index in [1.54, 1.807) is 12.4 Å². The number of nitrogens with one attached hydrogen (secondary N) is 2. The Hall–Kier alpha value is -3.05. The molecule has 0 saturated heterocycles. The minimum atomic E-state index is 0.0484. The van der Waals surface area contributed by atoms with E-state index >= 15 is 0 Å². The van der Waals surface area contributed by atoms with Gasteiger partial charge in [0.25, 0.3) is 0 Å². The summed E-state index contributed by atoms with van der Waals surface area (Å²) < 4.78 is 5.85. The van der Waals surface area contributed by atoms with Crippen molar-refractivity contribution in [3.05, 3.63) is 71.5 Å². The highest BCUT2D eigenvalue weighted by Crippen LogP contribution is 2.32. The molecule has 0 aliphatic rings. The third kappa shape index (κ3) is 3.94. The average Bonchev–Trinajstić information content (AvgIpc) is 3.05. The van der Waals surface area contributed by atoms with Crippen molar-refractivity contribution in [2.45, 2.75) is 26.2 Å². The molecule has 2 N–H and O–H groups in total. The van der Waals surface area contributed by atoms with Crippen LogP contribution in [-0.4, -0.2) is 15.0 Å². The number of hydrogen-bond acceptors (Lipinski definition) is 4. The molecule has 0 bridgehead atoms. The molecule has 0 aliphatic carbocycles. The number of pyridine rings is 1. The van der Waals surface area contributed by atoms with Crippen molar-refractivity contribution in [3.63, 3.8) is 0 Å². The fourth-order valence-electron chi connectivity index (χ4n) is 2.86. The van der Waals surface area contributed by atoms with Gasteiger partial charge in [0.1, 0.15) is 11.5 Å². The Kier molecular flexibility index (Phi) is 4.69. The molecule has 4 aromatic rings. The summed E-state index contributed by atoms with van der Waals surface area (Å²) in [6.07, 6.45) is 3.39. The van der Waals surface area contributed by atoms with Gasteiger partial charge in [0.05, 0.1) is 21.7 Å². The summed E-state index contributed by atoms with van der Waals surface area (Å²) in [6.45, 7) is 6.49. The zero-order chi connectivity index (χ0) is 19.7. The van der Waals surface area contributed by atoms with Gasteiger partial charge >= 0.3 is 0 Å². The van der Waals surface area contributed by atoms with Crippen LogP contribution in [0.4, 0.5) is 11.6 Å². The predicted molar refractivity (Wildman–Crippen MR) is 114 cm³/mol. The summed E-state index contributed by atoms with van der Waals surface area (Å²) in [4.78, 5) is 11.8. The van der Waals surface area contributed by atoms with E-state index in [9.17, 15) is 0 Å². The maximum absolute atomic E-state index is 6.47. The minimum absolute atomic E-state index is 0.0484. The largest absolute Gasteiger partial charge is 0.457 e. The number of aromatic amines is 1. The van der Waals surface area contributed by atoms with Crippen LogP contribution < -0.4 is 10.1 Å². The van der Waals surface area contributed by atoms with Crippen LogP contribution in [0.25, 0.3) is 11.0 Å². The van der Waals surface area contributed by atoms with Crippen molar-refractivity contribution in [1.82, 2.24) is 15.0 Å². The second-order valence-electron chi connectivity index (χ2n) is 7.62. The number of imidazole rings is 1. The Morgan fingerprint density at radius 2 is 1.75 bits per heavy atom. The summed E-state index contributed by atoms with van der Waals surface area (Å²) in [5.74, 6) is 2.08. The van der Waals surface area contributed by atoms with Gasteiger partial charge in [0.2, 0.25) is 5.95 Å². The summed E-state index contributed by atoms with van der Waals surface area (Å²) in [5.41, 5.74) is 3.75. The molecule has 4 rings (SSSR count). The maximum Gasteiger partial charge on any atom is 0.205 e. The van der Waals surface area contributed by atoms with Crippen molar-refractivity contribution in [2.24, 2.45) is 0 Å². The number of aromatic nitrogens is 3. The van der Waals surface area contributed by atoms with Gasteiger partial charge in [-0.2, -0.15) is 0 Å². The predicted octanol–water partition coefficient (Wildman–Crippen LogP) is 6.44. The monoisotopic (exact) mass is 392 g/mol. The van der Waals surface area contributed by atoms with Gasteiger partial charge in [-0.3, -0.25) is 4.98 Å². The highest BCUT2D eigenvalue weighted by atomic mass is 35.5. The molecule has 142 valence electrons. The highest BCUT2D eigenvalue weighted by Gasteiger charge is 2.15. The first kappa shape index (κ1) is 18.3. The maximum atomic E-state index is 6.47. The summed E-state index contributed by atoms with van der Waals surface area (Å²) >= 11 is 6.47. The average molecular weight is 393 g/mol. The van der Waals surface area contributed by atoms with E-state index in [1.807, 2.05) is 42.5 Å². The highest BCUT2D eigenvalue weighted by molar-refractivity contribution is 6.33. The Labute approximate surface area is 168 Å². The molecule has 0 saturated carbocycles. The molecule has 0 radical (unpaired) electrons. The molecule has 2 aromatic carbocycles. The number of fused-ring (bicyclic) bond motifs is 1. The molecule has 0 fully saturated rings. The second-order valence-corrected chi connectivity index (χ2v) is 8.03. The van der Waals surface area contributed by atoms with E-state index in [2.05, 4.69) is 47.1 Å². The van der Waals surface area contributed by atoms with Gasteiger partial charge in [-0.25, -0.2) is 4.98 Å². The number of halogens is 1. The molecule has 6 heteroatoms. The first-order valence-corrected chi connectivity index (χ1v) is 9.41. The van der Waals surface area contributed by atoms with E-state index < -0.39 is 0 Å². The van der Waals surface area contributed by atoms with Crippen molar-refractivity contribution >= 4 is 34.3 Å². The molecule has 0 atom stereocenters. The molecular formula is C22H21ClN4O. The fourth-order valence-corrected chi connectivity index (χ4v) is 3.09. The molecule has 28 heavy (non-hydrogen) atoms. The zero-order valence-electron chi connectivity index (χ0n) is 16.0. The Bertz CT molecular complexity index is 1120. The summed E-state index contributed by atoms with van der Waals surface area (Å²) in [5, 5.41) is 3.92. The van der Waals surface area contributed by atoms with Crippen LogP contribution in [-0.2, 0) is 5.41 Å². The van der Waals surface area contributed by atoms with Gasteiger partial charge in [-0.1, -0.05) is 38.4 Å². The third-order valence-corrected chi connectivity index (χ3v) is 4.74. The van der Waals surface area contributed by atoms with E-state index in [1.165, 1.54) is 5.56 Å². The number of benzene rings is 2. The Balaban J connectivity index is 1.57. The van der Waals surface area contributed by atoms with E-state index in [0.29, 0.717) is 11.0 Å². The molecule has 5 nitrogen and oxygen atoms in total. The number of rotatable bonds is 4. The van der Waals surface area contributed by atoms with Crippen LogP contribution >= 0.6 is 11.6 Å². The lowest BCUT2D eigenvalue weighted by atomic mass is 9.87. The smallest absolute Gasteiger partial charge is 0.205 e. The number of anilines is 2. The minimum Gasteiger partial charge on any atom is -0.457 e. The van der Waals surface area contributed by atoms with Gasteiger partial charge in [-0.05, 0) is 47.4 Å². The van der Waals surface area contributed by atoms with Gasteiger partial charge in [0.15, 0.2) is 0 Å². The van der Waals surface area contributed by atoms with Crippen molar-refractivity contribution < 1.29 is 4.74 Å². The molecule has 0 spiro atoms. The normalized spacial score (nSPS) is 11.6. The molecule has 2 heterocycles. The molecule has 2 aromatic heterocycles. The lowest BCUT2D eigenvalue weighted by Crippen LogP contribution is -2.11. The lowest BCUT2D eigenvalue weighted by Gasteiger charge is -2.20. The van der Waals surface area contributed by atoms with Gasteiger partial charge in [0, 0.05) is 18.5 Å². The van der Waals surface area contributed by atoms with Crippen molar-refractivity contribution in [1.29, 1.82) is 0 Å². The van der Waals surface area contributed by atoms with Gasteiger partial charge in [-0.15, -0.1) is 0 Å². The van der Waals surface area contributed by atoms with Crippen LogP contribution in [0.3, 0.4) is 0 Å². The summed E-state index contributed by atoms with van der Waals surface area (Å²) in [7, 11) is 0. The Morgan fingerprint density at radius 3 is 2.46 bits per heavy atom. The topological polar surface area (TPSA) is 62.8 Å². The number of hydrogen-bond donors (Lipinski definition) is 2. The lowest BCUT2D eigenvalue weighted by molar-refractivity contribution is 0.482. The summed E-state index contributed by atoms with van der Waals surface area (Å²) in [6, 6.07) is 15.4. The molecule has 0 amide bonds. The third-order valence-electron chi connectivity index (χ3n) is 4.43. The first-order valence-electron chi connectivity index (χ1n) is 9.03. The number of H-pyrrole nitrogens is 1. The molecule has 0 aliphatic heterocycles. The van der Waals surface area contributed by atoms with Gasteiger partial charge < -0.3 is 15.0 Å². The first-order chi connectivity index (χ1) is 13.4. The Morgan fingerprint density at radius 1 is 0.964 bits per heavy atom. The second kappa shape index (κ2) is 7.17. The quantitative estimate of drug-likeness (QED) is 0.419. The van der Waals surface area contributed by atoms with Crippen LogP contribution in [0.5, 0.6) is 11.5 Å². The number of nitrogens with zero attached hydrogens (tertiary/aromatic N) is 2. The van der Waals surface area contributed by atoms with Crippen molar-refractivity contribution in [2.75, 3.05) is 5.32 Å². The molecular weight excluding hydrogens is 372 g/mol. The standard InChI is InChI=1S/C22H21ClN4O/c1-22(2,3)14-4-6-18(17(23)12-14)25-21-26-19-7-5-16(13-20(19)27-21)28-15-8-10-24-11-9-15/h4-13H,1-3H3,(H2,25,26,27). The zero-order valence-corrected chi connectivity index (χ0v) is 16.7. The van der Waals surface area contributed by atoms with Crippen LogP contribution in [0.1, 0.15) is 26.3 Å². The van der Waals surface area contributed by atoms with E-state index in [0.717, 1.165) is 28.2 Å². The molecule has 0 unspecified atom stereocenters. The van der Waals surface area contributed by atoms with Crippen LogP contribution in [0.15, 0.2) is 60.9 Å². The fraction of sp³-hybridized carbons (Fsp3) is 0.182. The SMILES string of the molecule is CC(C)(C)c1ccc(Nc2nc3ccc(Oc4ccncc4)cc3[nH]2)c(Cl)c1. The van der Waals surface area contributed by atoms with Crippen LogP contribution in [0.2, 0.25) is 5.02 Å². The van der Waals surface area contributed by atoms with E-state index in [-0.39, 0.29) is 5.41 Å². The van der Waals surface area contributed by atoms with Crippen molar-refractivity contribution in [3.8, 4) is 11.5 Å². The number of ether oxygens (including phenoxy) is 1.